The molecule has 0 bridgehead atoms. The Balaban J connectivity index is 1.28. The molecule has 0 N–H and O–H groups in total. The second kappa shape index (κ2) is 8.13. The van der Waals surface area contributed by atoms with E-state index in [2.05, 4.69) is 17.0 Å². The minimum Gasteiger partial charge on any atom is -0.452 e. The second-order valence-electron chi connectivity index (χ2n) is 7.04. The molecule has 2 aliphatic rings. The Bertz CT molecular complexity index is 810. The first kappa shape index (κ1) is 18.0. The van der Waals surface area contributed by atoms with E-state index < -0.39 is 0 Å². The van der Waals surface area contributed by atoms with Gasteiger partial charge in [0.05, 0.1) is 5.56 Å². The van der Waals surface area contributed by atoms with Crippen molar-refractivity contribution < 1.29 is 14.3 Å². The van der Waals surface area contributed by atoms with E-state index in [9.17, 15) is 9.59 Å². The van der Waals surface area contributed by atoms with Crippen molar-refractivity contribution >= 4 is 28.9 Å². The molecule has 5 nitrogen and oxygen atoms in total. The number of benzene rings is 1. The highest BCUT2D eigenvalue weighted by atomic mass is 32.1. The van der Waals surface area contributed by atoms with E-state index in [1.807, 2.05) is 23.6 Å². The molecular formula is C21H24N2O3S. The van der Waals surface area contributed by atoms with Gasteiger partial charge in [-0.3, -0.25) is 4.79 Å². The van der Waals surface area contributed by atoms with E-state index >= 15 is 0 Å². The molecule has 2 heterocycles. The molecule has 1 aromatic carbocycles. The van der Waals surface area contributed by atoms with E-state index in [0.717, 1.165) is 37.9 Å². The summed E-state index contributed by atoms with van der Waals surface area (Å²) in [5.74, 6) is -0.467. The van der Waals surface area contributed by atoms with Crippen LogP contribution in [0.15, 0.2) is 35.7 Å². The highest BCUT2D eigenvalue weighted by Gasteiger charge is 2.24. The van der Waals surface area contributed by atoms with E-state index in [1.54, 1.807) is 16.2 Å². The van der Waals surface area contributed by atoms with Gasteiger partial charge < -0.3 is 14.5 Å². The number of piperazine rings is 1. The Hall–Kier alpha value is -2.34. The second-order valence-corrected chi connectivity index (χ2v) is 8.00. The summed E-state index contributed by atoms with van der Waals surface area (Å²) >= 11 is 1.64. The normalized spacial score (nSPS) is 16.7. The Morgan fingerprint density at radius 2 is 1.74 bits per heavy atom. The number of amides is 1. The Labute approximate surface area is 163 Å². The summed E-state index contributed by atoms with van der Waals surface area (Å²) in [5, 5.41) is 1.89. The smallest absolute Gasteiger partial charge is 0.339 e. The van der Waals surface area contributed by atoms with Crippen LogP contribution < -0.4 is 4.90 Å². The van der Waals surface area contributed by atoms with Crippen LogP contribution in [0.3, 0.4) is 0 Å². The molecule has 1 fully saturated rings. The number of hydrogen-bond acceptors (Lipinski definition) is 5. The third kappa shape index (κ3) is 4.00. The molecule has 2 aromatic rings. The van der Waals surface area contributed by atoms with Crippen LogP contribution in [-0.4, -0.2) is 49.6 Å². The predicted molar refractivity (Wildman–Crippen MR) is 106 cm³/mol. The number of carbonyl (C=O) groups is 2. The summed E-state index contributed by atoms with van der Waals surface area (Å²) < 4.78 is 5.34. The van der Waals surface area contributed by atoms with Crippen LogP contribution >= 0.6 is 11.3 Å². The van der Waals surface area contributed by atoms with E-state index in [-0.39, 0.29) is 18.5 Å². The molecule has 0 unspecified atom stereocenters. The lowest BCUT2D eigenvalue weighted by atomic mass is 9.96. The van der Waals surface area contributed by atoms with E-state index in [4.69, 9.17) is 4.74 Å². The van der Waals surface area contributed by atoms with E-state index in [0.29, 0.717) is 18.7 Å². The number of esters is 1. The van der Waals surface area contributed by atoms with Gasteiger partial charge in [0.15, 0.2) is 6.61 Å². The average molecular weight is 385 g/mol. The number of aryl methyl sites for hydroxylation is 1. The number of anilines is 1. The number of ether oxygens (including phenoxy) is 1. The quantitative estimate of drug-likeness (QED) is 0.760. The van der Waals surface area contributed by atoms with Gasteiger partial charge >= 0.3 is 5.97 Å². The van der Waals surface area contributed by atoms with Crippen molar-refractivity contribution in [1.29, 1.82) is 0 Å². The van der Waals surface area contributed by atoms with Crippen LogP contribution in [0.2, 0.25) is 0 Å². The summed E-state index contributed by atoms with van der Waals surface area (Å²) in [6.07, 6.45) is 4.31. The Kier molecular flexibility index (Phi) is 5.43. The number of hydrogen-bond donors (Lipinski definition) is 0. The highest BCUT2D eigenvalue weighted by Crippen LogP contribution is 2.30. The fourth-order valence-electron chi connectivity index (χ4n) is 3.81. The third-order valence-electron chi connectivity index (χ3n) is 5.36. The van der Waals surface area contributed by atoms with Crippen molar-refractivity contribution in [2.45, 2.75) is 25.7 Å². The van der Waals surface area contributed by atoms with Gasteiger partial charge in [0.25, 0.3) is 5.91 Å². The first-order valence-corrected chi connectivity index (χ1v) is 10.4. The molecule has 0 radical (unpaired) electrons. The Morgan fingerprint density at radius 3 is 2.52 bits per heavy atom. The number of thiophene rings is 1. The fraction of sp³-hybridized carbons (Fsp3) is 0.429. The molecule has 4 rings (SSSR count). The zero-order valence-electron chi connectivity index (χ0n) is 15.4. The van der Waals surface area contributed by atoms with Crippen molar-refractivity contribution in [3.8, 4) is 0 Å². The van der Waals surface area contributed by atoms with Gasteiger partial charge in [0.1, 0.15) is 0 Å². The zero-order valence-corrected chi connectivity index (χ0v) is 16.2. The maximum absolute atomic E-state index is 12.4. The minimum atomic E-state index is -0.356. The Morgan fingerprint density at radius 1 is 1.00 bits per heavy atom. The first-order chi connectivity index (χ1) is 13.2. The topological polar surface area (TPSA) is 49.9 Å². The van der Waals surface area contributed by atoms with Gasteiger partial charge in [-0.25, -0.2) is 4.79 Å². The predicted octanol–water partition coefficient (Wildman–Crippen LogP) is 3.13. The number of para-hydroxylation sites is 1. The SMILES string of the molecule is O=C(OCC(=O)N1CCN(c2ccccc2)CC1)c1csc2c1CCCC2. The van der Waals surface area contributed by atoms with Crippen LogP contribution in [0.1, 0.15) is 33.6 Å². The lowest BCUT2D eigenvalue weighted by Crippen LogP contribution is -2.49. The monoisotopic (exact) mass is 384 g/mol. The molecule has 1 aromatic heterocycles. The third-order valence-corrected chi connectivity index (χ3v) is 6.45. The standard InChI is InChI=1S/C21H24N2O3S/c24-20(23-12-10-22(11-13-23)16-6-2-1-3-7-16)14-26-21(25)18-15-27-19-9-5-4-8-17(18)19/h1-3,6-7,15H,4-5,8-14H2. The summed E-state index contributed by atoms with van der Waals surface area (Å²) in [7, 11) is 0. The van der Waals surface area contributed by atoms with Crippen molar-refractivity contribution in [2.75, 3.05) is 37.7 Å². The van der Waals surface area contributed by atoms with Gasteiger partial charge in [-0.1, -0.05) is 18.2 Å². The number of nitrogens with zero attached hydrogens (tertiary/aromatic N) is 2. The van der Waals surface area contributed by atoms with Crippen LogP contribution in [0.4, 0.5) is 5.69 Å². The maximum Gasteiger partial charge on any atom is 0.339 e. The van der Waals surface area contributed by atoms with Crippen molar-refractivity contribution in [3.05, 3.63) is 51.7 Å². The molecule has 1 aliphatic carbocycles. The number of rotatable bonds is 4. The molecule has 0 saturated carbocycles. The van der Waals surface area contributed by atoms with Crippen LogP contribution in [0.5, 0.6) is 0 Å². The van der Waals surface area contributed by atoms with Crippen molar-refractivity contribution in [3.63, 3.8) is 0 Å². The van der Waals surface area contributed by atoms with Crippen LogP contribution in [0, 0.1) is 0 Å². The molecule has 1 aliphatic heterocycles. The summed E-state index contributed by atoms with van der Waals surface area (Å²) in [5.41, 5.74) is 2.98. The summed E-state index contributed by atoms with van der Waals surface area (Å²) in [4.78, 5) is 30.2. The minimum absolute atomic E-state index is 0.111. The van der Waals surface area contributed by atoms with Crippen molar-refractivity contribution in [2.24, 2.45) is 0 Å². The number of fused-ring (bicyclic) bond motifs is 1. The molecule has 142 valence electrons. The molecule has 6 heteroatoms. The summed E-state index contributed by atoms with van der Waals surface area (Å²) in [6, 6.07) is 10.2. The maximum atomic E-state index is 12.4. The van der Waals surface area contributed by atoms with Gasteiger partial charge in [-0.05, 0) is 43.4 Å². The molecule has 0 spiro atoms. The van der Waals surface area contributed by atoms with E-state index in [1.165, 1.54) is 17.0 Å². The fourth-order valence-corrected chi connectivity index (χ4v) is 4.93. The van der Waals surface area contributed by atoms with Gasteiger partial charge in [0, 0.05) is 42.1 Å². The summed E-state index contributed by atoms with van der Waals surface area (Å²) in [6.45, 7) is 2.72. The highest BCUT2D eigenvalue weighted by molar-refractivity contribution is 7.10. The van der Waals surface area contributed by atoms with Crippen molar-refractivity contribution in [1.82, 2.24) is 4.90 Å². The lowest BCUT2D eigenvalue weighted by molar-refractivity contribution is -0.134. The molecule has 1 amide bonds. The zero-order chi connectivity index (χ0) is 18.6. The number of carbonyl (C=O) groups excluding carboxylic acids is 2. The van der Waals surface area contributed by atoms with Crippen LogP contribution in [-0.2, 0) is 22.4 Å². The first-order valence-electron chi connectivity index (χ1n) is 9.56. The molecule has 27 heavy (non-hydrogen) atoms. The molecule has 1 saturated heterocycles. The van der Waals surface area contributed by atoms with Gasteiger partial charge in [-0.2, -0.15) is 0 Å². The lowest BCUT2D eigenvalue weighted by Gasteiger charge is -2.36. The van der Waals surface area contributed by atoms with Gasteiger partial charge in [-0.15, -0.1) is 11.3 Å². The molecule has 0 atom stereocenters. The van der Waals surface area contributed by atoms with Crippen LogP contribution in [0.25, 0.3) is 0 Å². The molecular weight excluding hydrogens is 360 g/mol. The average Bonchev–Trinajstić information content (AvgIpc) is 3.17. The largest absolute Gasteiger partial charge is 0.452 e. The van der Waals surface area contributed by atoms with Gasteiger partial charge in [0.2, 0.25) is 0 Å².